The SMILES string of the molecule is CCC(N)(CC)CNC(=O)c1cc(OC)c(OCC(N)=O)c(OC)c1.Cl. The van der Waals surface area contributed by atoms with Crippen molar-refractivity contribution in [3.63, 3.8) is 0 Å². The zero-order valence-electron chi connectivity index (χ0n) is 15.6. The lowest BCUT2D eigenvalue weighted by molar-refractivity contribution is -0.120. The number of amides is 2. The second-order valence-corrected chi connectivity index (χ2v) is 5.72. The third-order valence-electron chi connectivity index (χ3n) is 4.09. The third kappa shape index (κ3) is 6.27. The summed E-state index contributed by atoms with van der Waals surface area (Å²) in [4.78, 5) is 23.4. The summed E-state index contributed by atoms with van der Waals surface area (Å²) < 4.78 is 15.8. The first-order valence-electron chi connectivity index (χ1n) is 8.04. The van der Waals surface area contributed by atoms with Crippen LogP contribution >= 0.6 is 12.4 Å². The number of hydrogen-bond donors (Lipinski definition) is 3. The monoisotopic (exact) mass is 389 g/mol. The van der Waals surface area contributed by atoms with Crippen LogP contribution in [0.4, 0.5) is 0 Å². The maximum absolute atomic E-state index is 12.4. The van der Waals surface area contributed by atoms with Gasteiger partial charge in [0, 0.05) is 17.6 Å². The molecule has 1 rings (SSSR count). The second kappa shape index (κ2) is 10.7. The molecule has 0 saturated carbocycles. The van der Waals surface area contributed by atoms with Crippen molar-refractivity contribution < 1.29 is 23.8 Å². The van der Waals surface area contributed by atoms with Crippen molar-refractivity contribution in [2.45, 2.75) is 32.2 Å². The van der Waals surface area contributed by atoms with Gasteiger partial charge in [-0.2, -0.15) is 0 Å². The number of benzene rings is 1. The summed E-state index contributed by atoms with van der Waals surface area (Å²) in [5, 5.41) is 2.82. The van der Waals surface area contributed by atoms with Gasteiger partial charge < -0.3 is 31.0 Å². The number of nitrogens with one attached hydrogen (secondary N) is 1. The number of ether oxygens (including phenoxy) is 3. The van der Waals surface area contributed by atoms with Crippen LogP contribution in [-0.4, -0.2) is 44.7 Å². The van der Waals surface area contributed by atoms with Crippen molar-refractivity contribution in [3.05, 3.63) is 17.7 Å². The molecule has 5 N–H and O–H groups in total. The van der Waals surface area contributed by atoms with Crippen LogP contribution in [0.3, 0.4) is 0 Å². The predicted octanol–water partition coefficient (Wildman–Crippen LogP) is 1.24. The van der Waals surface area contributed by atoms with Crippen LogP contribution < -0.4 is 31.0 Å². The molecule has 148 valence electrons. The van der Waals surface area contributed by atoms with Crippen molar-refractivity contribution in [2.24, 2.45) is 11.5 Å². The molecule has 1 aromatic carbocycles. The van der Waals surface area contributed by atoms with Crippen LogP contribution in [0.5, 0.6) is 17.2 Å². The number of carbonyl (C=O) groups excluding carboxylic acids is 2. The minimum Gasteiger partial charge on any atom is -0.493 e. The summed E-state index contributed by atoms with van der Waals surface area (Å²) >= 11 is 0. The fourth-order valence-corrected chi connectivity index (χ4v) is 2.15. The Hall–Kier alpha value is -2.19. The minimum atomic E-state index is -0.635. The Balaban J connectivity index is 0.00000625. The molecule has 1 aromatic rings. The Kier molecular flexibility index (Phi) is 9.82. The highest BCUT2D eigenvalue weighted by molar-refractivity contribution is 5.95. The van der Waals surface area contributed by atoms with Gasteiger partial charge >= 0.3 is 0 Å². The van der Waals surface area contributed by atoms with E-state index in [1.807, 2.05) is 13.8 Å². The lowest BCUT2D eigenvalue weighted by atomic mass is 9.94. The number of halogens is 1. The molecule has 0 bridgehead atoms. The van der Waals surface area contributed by atoms with Gasteiger partial charge in [0.25, 0.3) is 11.8 Å². The van der Waals surface area contributed by atoms with Crippen LogP contribution in [0, 0.1) is 0 Å². The molecule has 0 fully saturated rings. The molecule has 26 heavy (non-hydrogen) atoms. The maximum atomic E-state index is 12.4. The lowest BCUT2D eigenvalue weighted by Gasteiger charge is -2.26. The summed E-state index contributed by atoms with van der Waals surface area (Å²) in [5.41, 5.74) is 11.2. The molecule has 0 aliphatic carbocycles. The summed E-state index contributed by atoms with van der Waals surface area (Å²) in [7, 11) is 2.85. The molecule has 9 heteroatoms. The Morgan fingerprint density at radius 2 is 1.62 bits per heavy atom. The smallest absolute Gasteiger partial charge is 0.255 e. The van der Waals surface area contributed by atoms with E-state index in [0.29, 0.717) is 12.1 Å². The largest absolute Gasteiger partial charge is 0.493 e. The number of rotatable bonds is 10. The highest BCUT2D eigenvalue weighted by Crippen LogP contribution is 2.38. The number of primary amides is 1. The quantitative estimate of drug-likeness (QED) is 0.552. The Labute approximate surface area is 159 Å². The fraction of sp³-hybridized carbons (Fsp3) is 0.529. The first-order valence-corrected chi connectivity index (χ1v) is 8.04. The van der Waals surface area contributed by atoms with Gasteiger partial charge in [-0.25, -0.2) is 0 Å². The van der Waals surface area contributed by atoms with Gasteiger partial charge in [-0.1, -0.05) is 13.8 Å². The maximum Gasteiger partial charge on any atom is 0.255 e. The van der Waals surface area contributed by atoms with Crippen molar-refractivity contribution in [1.82, 2.24) is 5.32 Å². The highest BCUT2D eigenvalue weighted by atomic mass is 35.5. The molecule has 0 unspecified atom stereocenters. The summed E-state index contributed by atoms with van der Waals surface area (Å²) in [5.74, 6) is -0.221. The van der Waals surface area contributed by atoms with E-state index in [0.717, 1.165) is 12.8 Å². The molecule has 2 amide bonds. The average molecular weight is 390 g/mol. The Bertz CT molecular complexity index is 595. The first kappa shape index (κ1) is 23.8. The Morgan fingerprint density at radius 3 is 2.00 bits per heavy atom. The van der Waals surface area contributed by atoms with Crippen LogP contribution in [0.2, 0.25) is 0 Å². The number of carbonyl (C=O) groups is 2. The van der Waals surface area contributed by atoms with Gasteiger partial charge in [0.05, 0.1) is 14.2 Å². The fourth-order valence-electron chi connectivity index (χ4n) is 2.15. The molecule has 0 heterocycles. The Morgan fingerprint density at radius 1 is 1.12 bits per heavy atom. The van der Waals surface area contributed by atoms with Crippen LogP contribution in [0.25, 0.3) is 0 Å². The summed E-state index contributed by atoms with van der Waals surface area (Å²) in [6.45, 7) is 3.98. The van der Waals surface area contributed by atoms with Crippen molar-refractivity contribution in [3.8, 4) is 17.2 Å². The third-order valence-corrected chi connectivity index (χ3v) is 4.09. The normalized spacial score (nSPS) is 10.5. The van der Waals surface area contributed by atoms with Gasteiger partial charge in [0.15, 0.2) is 18.1 Å². The van der Waals surface area contributed by atoms with E-state index in [2.05, 4.69) is 5.32 Å². The van der Waals surface area contributed by atoms with E-state index < -0.39 is 11.4 Å². The molecule has 0 aliphatic rings. The van der Waals surface area contributed by atoms with Gasteiger partial charge in [-0.15, -0.1) is 12.4 Å². The second-order valence-electron chi connectivity index (χ2n) is 5.72. The van der Waals surface area contributed by atoms with Crippen molar-refractivity contribution in [1.29, 1.82) is 0 Å². The molecule has 0 aliphatic heterocycles. The molecule has 0 radical (unpaired) electrons. The van der Waals surface area contributed by atoms with E-state index in [-0.39, 0.29) is 42.2 Å². The van der Waals surface area contributed by atoms with Crippen molar-refractivity contribution in [2.75, 3.05) is 27.4 Å². The van der Waals surface area contributed by atoms with E-state index in [1.165, 1.54) is 26.4 Å². The molecular weight excluding hydrogens is 362 g/mol. The van der Waals surface area contributed by atoms with Gasteiger partial charge in [0.1, 0.15) is 0 Å². The van der Waals surface area contributed by atoms with E-state index >= 15 is 0 Å². The topological polar surface area (TPSA) is 126 Å². The molecule has 0 atom stereocenters. The summed E-state index contributed by atoms with van der Waals surface area (Å²) in [6, 6.07) is 3.01. The van der Waals surface area contributed by atoms with Crippen molar-refractivity contribution >= 4 is 24.2 Å². The molecule has 0 spiro atoms. The van der Waals surface area contributed by atoms with Crippen LogP contribution in [0.15, 0.2) is 12.1 Å². The van der Waals surface area contributed by atoms with Gasteiger partial charge in [-0.05, 0) is 25.0 Å². The molecule has 0 saturated heterocycles. The van der Waals surface area contributed by atoms with E-state index in [1.54, 1.807) is 0 Å². The minimum absolute atomic E-state index is 0. The lowest BCUT2D eigenvalue weighted by Crippen LogP contribution is -2.49. The standard InChI is InChI=1S/C17H27N3O5.ClH/c1-5-17(19,6-2)10-20-16(22)11-7-12(23-3)15(13(8-11)24-4)25-9-14(18)21;/h7-8H,5-6,9-10,19H2,1-4H3,(H2,18,21)(H,20,22);1H. The molecule has 8 nitrogen and oxygen atoms in total. The van der Waals surface area contributed by atoms with Gasteiger partial charge in [-0.3, -0.25) is 9.59 Å². The highest BCUT2D eigenvalue weighted by Gasteiger charge is 2.23. The number of methoxy groups -OCH3 is 2. The number of hydrogen-bond acceptors (Lipinski definition) is 6. The summed E-state index contributed by atoms with van der Waals surface area (Å²) in [6.07, 6.45) is 1.49. The molecular formula is C17H28ClN3O5. The molecule has 0 aromatic heterocycles. The predicted molar refractivity (Wildman–Crippen MR) is 101 cm³/mol. The zero-order chi connectivity index (χ0) is 19.0. The van der Waals surface area contributed by atoms with Crippen LogP contribution in [0.1, 0.15) is 37.0 Å². The van der Waals surface area contributed by atoms with Crippen LogP contribution in [-0.2, 0) is 4.79 Å². The first-order chi connectivity index (χ1) is 11.8. The van der Waals surface area contributed by atoms with Gasteiger partial charge in [0.2, 0.25) is 5.75 Å². The average Bonchev–Trinajstić information content (AvgIpc) is 2.63. The van der Waals surface area contributed by atoms with E-state index in [4.69, 9.17) is 25.7 Å². The zero-order valence-corrected chi connectivity index (χ0v) is 16.4. The number of nitrogens with two attached hydrogens (primary N) is 2. The van der Waals surface area contributed by atoms with E-state index in [9.17, 15) is 9.59 Å².